The van der Waals surface area contributed by atoms with Crippen LogP contribution in [-0.4, -0.2) is 57.1 Å². The number of hydrogen-bond acceptors (Lipinski definition) is 5. The first-order valence-corrected chi connectivity index (χ1v) is 13.4. The van der Waals surface area contributed by atoms with Crippen molar-refractivity contribution in [1.82, 2.24) is 10.2 Å². The number of ether oxygens (including phenoxy) is 1. The molecule has 0 bridgehead atoms. The van der Waals surface area contributed by atoms with Crippen molar-refractivity contribution < 1.29 is 35.9 Å². The highest BCUT2D eigenvalue weighted by molar-refractivity contribution is 7.92. The first kappa shape index (κ1) is 29.9. The monoisotopic (exact) mass is 543 g/mol. The Kier molecular flexibility index (Phi) is 9.96. The standard InChI is InChI=1S/C25H32F3N3O5S/c1-6-22(24(33)29-17(2)3)30(15-18-10-12-21(36-4)13-11-18)23(32)16-31(37(5,34)35)20-9-7-8-19(14-20)25(26,27)28/h7-14,17,22H,6,15-16H2,1-5H3,(H,29,33). The molecule has 0 heterocycles. The Bertz CT molecular complexity index is 1180. The van der Waals surface area contributed by atoms with Gasteiger partial charge in [0.05, 0.1) is 24.6 Å². The number of nitrogens with one attached hydrogen (secondary N) is 1. The summed E-state index contributed by atoms with van der Waals surface area (Å²) >= 11 is 0. The molecule has 1 N–H and O–H groups in total. The lowest BCUT2D eigenvalue weighted by atomic mass is 10.1. The topological polar surface area (TPSA) is 96.0 Å². The van der Waals surface area contributed by atoms with Crippen LogP contribution in [0.15, 0.2) is 48.5 Å². The van der Waals surface area contributed by atoms with E-state index in [-0.39, 0.29) is 24.7 Å². The van der Waals surface area contributed by atoms with Crippen LogP contribution >= 0.6 is 0 Å². The molecule has 2 rings (SSSR count). The zero-order valence-corrected chi connectivity index (χ0v) is 22.2. The lowest BCUT2D eigenvalue weighted by molar-refractivity contribution is -0.140. The maximum absolute atomic E-state index is 13.6. The molecular weight excluding hydrogens is 511 g/mol. The van der Waals surface area contributed by atoms with E-state index < -0.39 is 46.2 Å². The Balaban J connectivity index is 2.48. The van der Waals surface area contributed by atoms with E-state index in [1.807, 2.05) is 0 Å². The van der Waals surface area contributed by atoms with Crippen LogP contribution in [0.2, 0.25) is 0 Å². The molecular formula is C25H32F3N3O5S. The largest absolute Gasteiger partial charge is 0.497 e. The quantitative estimate of drug-likeness (QED) is 0.465. The Morgan fingerprint density at radius 1 is 1.08 bits per heavy atom. The molecule has 1 atom stereocenters. The molecule has 12 heteroatoms. The van der Waals surface area contributed by atoms with Crippen LogP contribution in [0.25, 0.3) is 0 Å². The van der Waals surface area contributed by atoms with Crippen molar-refractivity contribution in [2.75, 3.05) is 24.2 Å². The number of rotatable bonds is 11. The van der Waals surface area contributed by atoms with Gasteiger partial charge >= 0.3 is 6.18 Å². The Labute approximate surface area is 215 Å². The molecule has 204 valence electrons. The Morgan fingerprint density at radius 3 is 2.19 bits per heavy atom. The fourth-order valence-corrected chi connectivity index (χ4v) is 4.52. The fourth-order valence-electron chi connectivity index (χ4n) is 3.68. The average Bonchev–Trinajstić information content (AvgIpc) is 2.81. The number of hydrogen-bond donors (Lipinski definition) is 1. The number of carbonyl (C=O) groups is 2. The summed E-state index contributed by atoms with van der Waals surface area (Å²) in [4.78, 5) is 27.8. The van der Waals surface area contributed by atoms with Crippen molar-refractivity contribution in [3.63, 3.8) is 0 Å². The normalized spacial score (nSPS) is 12.7. The number of amides is 2. The zero-order valence-electron chi connectivity index (χ0n) is 21.4. The van der Waals surface area contributed by atoms with Gasteiger partial charge in [0.15, 0.2) is 0 Å². The third-order valence-corrected chi connectivity index (χ3v) is 6.61. The number of nitrogens with zero attached hydrogens (tertiary/aromatic N) is 2. The second kappa shape index (κ2) is 12.3. The summed E-state index contributed by atoms with van der Waals surface area (Å²) in [5.41, 5.74) is -0.714. The van der Waals surface area contributed by atoms with Gasteiger partial charge in [-0.3, -0.25) is 13.9 Å². The summed E-state index contributed by atoms with van der Waals surface area (Å²) in [6, 6.07) is 9.34. The molecule has 1 unspecified atom stereocenters. The van der Waals surface area contributed by atoms with E-state index in [4.69, 9.17) is 4.74 Å². The molecule has 2 amide bonds. The first-order chi connectivity index (χ1) is 17.2. The highest BCUT2D eigenvalue weighted by Gasteiger charge is 2.34. The second-order valence-electron chi connectivity index (χ2n) is 8.77. The van der Waals surface area contributed by atoms with E-state index in [0.29, 0.717) is 21.7 Å². The van der Waals surface area contributed by atoms with Crippen molar-refractivity contribution >= 4 is 27.5 Å². The highest BCUT2D eigenvalue weighted by Crippen LogP contribution is 2.32. The van der Waals surface area contributed by atoms with Crippen LogP contribution in [0.1, 0.15) is 38.3 Å². The second-order valence-corrected chi connectivity index (χ2v) is 10.7. The lowest BCUT2D eigenvalue weighted by Gasteiger charge is -2.33. The summed E-state index contributed by atoms with van der Waals surface area (Å²) in [6.45, 7) is 4.41. The van der Waals surface area contributed by atoms with Crippen molar-refractivity contribution in [3.05, 3.63) is 59.7 Å². The minimum Gasteiger partial charge on any atom is -0.497 e. The zero-order chi connectivity index (χ0) is 28.0. The molecule has 0 aromatic heterocycles. The third-order valence-electron chi connectivity index (χ3n) is 5.47. The van der Waals surface area contributed by atoms with Crippen LogP contribution in [0, 0.1) is 0 Å². The molecule has 0 aliphatic rings. The molecule has 0 saturated heterocycles. The van der Waals surface area contributed by atoms with Gasteiger partial charge < -0.3 is 15.0 Å². The van der Waals surface area contributed by atoms with E-state index >= 15 is 0 Å². The van der Waals surface area contributed by atoms with E-state index in [1.165, 1.54) is 18.1 Å². The van der Waals surface area contributed by atoms with Gasteiger partial charge in [-0.2, -0.15) is 13.2 Å². The number of benzene rings is 2. The molecule has 2 aromatic carbocycles. The van der Waals surface area contributed by atoms with E-state index in [1.54, 1.807) is 45.0 Å². The van der Waals surface area contributed by atoms with Crippen LogP contribution in [0.5, 0.6) is 5.75 Å². The molecule has 0 aliphatic heterocycles. The molecule has 0 saturated carbocycles. The molecule has 0 aliphatic carbocycles. The SMILES string of the molecule is CCC(C(=O)NC(C)C)N(Cc1ccc(OC)cc1)C(=O)CN(c1cccc(C(F)(F)F)c1)S(C)(=O)=O. The van der Waals surface area contributed by atoms with Gasteiger partial charge in [-0.05, 0) is 56.2 Å². The smallest absolute Gasteiger partial charge is 0.416 e. The molecule has 0 spiro atoms. The molecule has 8 nitrogen and oxygen atoms in total. The van der Waals surface area contributed by atoms with E-state index in [0.717, 1.165) is 18.4 Å². The number of halogens is 3. The van der Waals surface area contributed by atoms with Gasteiger partial charge in [-0.15, -0.1) is 0 Å². The minimum atomic E-state index is -4.70. The van der Waals surface area contributed by atoms with Gasteiger partial charge in [0, 0.05) is 12.6 Å². The fraction of sp³-hybridized carbons (Fsp3) is 0.440. The minimum absolute atomic E-state index is 0.0347. The number of methoxy groups -OCH3 is 1. The van der Waals surface area contributed by atoms with Crippen LogP contribution < -0.4 is 14.4 Å². The summed E-state index contributed by atoms with van der Waals surface area (Å²) in [7, 11) is -2.66. The van der Waals surface area contributed by atoms with E-state index in [9.17, 15) is 31.2 Å². The van der Waals surface area contributed by atoms with Crippen LogP contribution in [-0.2, 0) is 32.3 Å². The van der Waals surface area contributed by atoms with Crippen molar-refractivity contribution in [2.45, 2.75) is 52.0 Å². The summed E-state index contributed by atoms with van der Waals surface area (Å²) < 4.78 is 70.7. The summed E-state index contributed by atoms with van der Waals surface area (Å²) in [6.07, 6.45) is -3.67. The Hall–Kier alpha value is -3.28. The summed E-state index contributed by atoms with van der Waals surface area (Å²) in [5, 5.41) is 2.76. The third kappa shape index (κ3) is 8.38. The molecule has 2 aromatic rings. The van der Waals surface area contributed by atoms with Crippen LogP contribution in [0.3, 0.4) is 0 Å². The number of alkyl halides is 3. The average molecular weight is 544 g/mol. The molecule has 0 fully saturated rings. The highest BCUT2D eigenvalue weighted by atomic mass is 32.2. The van der Waals surface area contributed by atoms with Gasteiger partial charge in [0.1, 0.15) is 18.3 Å². The van der Waals surface area contributed by atoms with Crippen molar-refractivity contribution in [1.29, 1.82) is 0 Å². The number of anilines is 1. The van der Waals surface area contributed by atoms with E-state index in [2.05, 4.69) is 5.32 Å². The van der Waals surface area contributed by atoms with Crippen LogP contribution in [0.4, 0.5) is 18.9 Å². The predicted molar refractivity (Wildman–Crippen MR) is 135 cm³/mol. The number of carbonyl (C=O) groups excluding carboxylic acids is 2. The summed E-state index contributed by atoms with van der Waals surface area (Å²) in [5.74, 6) is -0.590. The van der Waals surface area contributed by atoms with Crippen molar-refractivity contribution in [2.24, 2.45) is 0 Å². The molecule has 0 radical (unpaired) electrons. The number of sulfonamides is 1. The van der Waals surface area contributed by atoms with Gasteiger partial charge in [0.25, 0.3) is 0 Å². The maximum atomic E-state index is 13.6. The lowest BCUT2D eigenvalue weighted by Crippen LogP contribution is -2.53. The van der Waals surface area contributed by atoms with Gasteiger partial charge in [-0.1, -0.05) is 25.1 Å². The molecule has 37 heavy (non-hydrogen) atoms. The van der Waals surface area contributed by atoms with Gasteiger partial charge in [-0.25, -0.2) is 8.42 Å². The first-order valence-electron chi connectivity index (χ1n) is 11.5. The van der Waals surface area contributed by atoms with Gasteiger partial charge in [0.2, 0.25) is 21.8 Å². The van der Waals surface area contributed by atoms with Crippen molar-refractivity contribution in [3.8, 4) is 5.75 Å². The predicted octanol–water partition coefficient (Wildman–Crippen LogP) is 3.81. The maximum Gasteiger partial charge on any atom is 0.416 e. The Morgan fingerprint density at radius 2 is 1.70 bits per heavy atom.